The predicted octanol–water partition coefficient (Wildman–Crippen LogP) is 3.81. The van der Waals surface area contributed by atoms with Gasteiger partial charge < -0.3 is 5.32 Å². The number of aromatic nitrogens is 2. The summed E-state index contributed by atoms with van der Waals surface area (Å²) in [6, 6.07) is 9.90. The minimum Gasteiger partial charge on any atom is -0.345 e. The normalized spacial score (nSPS) is 10.6. The highest BCUT2D eigenvalue weighted by molar-refractivity contribution is 7.17. The molecular weight excluding hydrogens is 314 g/mol. The molecule has 0 unspecified atom stereocenters. The Balaban J connectivity index is 1.74. The molecule has 0 saturated heterocycles. The summed E-state index contributed by atoms with van der Waals surface area (Å²) in [7, 11) is 0. The van der Waals surface area contributed by atoms with Crippen molar-refractivity contribution in [2.75, 3.05) is 0 Å². The third kappa shape index (κ3) is 3.23. The zero-order valence-corrected chi connectivity index (χ0v) is 13.9. The second kappa shape index (κ2) is 6.37. The average Bonchev–Trinajstić information content (AvgIpc) is 3.12. The predicted molar refractivity (Wildman–Crippen MR) is 90.3 cm³/mol. The van der Waals surface area contributed by atoms with E-state index in [2.05, 4.69) is 15.3 Å². The summed E-state index contributed by atoms with van der Waals surface area (Å²) < 4.78 is 0. The molecule has 4 nitrogen and oxygen atoms in total. The molecule has 0 aliphatic rings. The molecule has 0 aliphatic carbocycles. The number of amides is 1. The number of rotatable bonds is 4. The van der Waals surface area contributed by atoms with Crippen molar-refractivity contribution in [3.63, 3.8) is 0 Å². The lowest BCUT2D eigenvalue weighted by Crippen LogP contribution is -2.22. The maximum atomic E-state index is 12.3. The van der Waals surface area contributed by atoms with Crippen molar-refractivity contribution in [1.82, 2.24) is 15.3 Å². The van der Waals surface area contributed by atoms with E-state index in [1.165, 1.54) is 11.3 Å². The second-order valence-corrected chi connectivity index (χ2v) is 6.81. The highest BCUT2D eigenvalue weighted by atomic mass is 32.1. The number of hydrogen-bond donors (Lipinski definition) is 1. The van der Waals surface area contributed by atoms with Gasteiger partial charge in [0.1, 0.15) is 14.9 Å². The Morgan fingerprint density at radius 1 is 1.18 bits per heavy atom. The van der Waals surface area contributed by atoms with Gasteiger partial charge in [-0.15, -0.1) is 22.7 Å². The summed E-state index contributed by atoms with van der Waals surface area (Å²) in [6.45, 7) is 4.27. The SMILES string of the molecule is Cc1csc(CNC(=O)c2sc(-c3ccccc3)nc2C)n1. The summed E-state index contributed by atoms with van der Waals surface area (Å²) in [5.74, 6) is -0.0926. The second-order valence-electron chi connectivity index (χ2n) is 4.86. The minimum absolute atomic E-state index is 0.0926. The van der Waals surface area contributed by atoms with Crippen LogP contribution < -0.4 is 5.32 Å². The van der Waals surface area contributed by atoms with Gasteiger partial charge in [-0.2, -0.15) is 0 Å². The first-order valence-corrected chi connectivity index (χ1v) is 8.55. The van der Waals surface area contributed by atoms with Crippen molar-refractivity contribution in [2.45, 2.75) is 20.4 Å². The van der Waals surface area contributed by atoms with Gasteiger partial charge in [-0.25, -0.2) is 9.97 Å². The van der Waals surface area contributed by atoms with E-state index in [9.17, 15) is 4.79 Å². The summed E-state index contributed by atoms with van der Waals surface area (Å²) in [6.07, 6.45) is 0. The fourth-order valence-corrected chi connectivity index (χ4v) is 3.73. The third-order valence-electron chi connectivity index (χ3n) is 3.09. The minimum atomic E-state index is -0.0926. The zero-order chi connectivity index (χ0) is 15.5. The van der Waals surface area contributed by atoms with Gasteiger partial charge in [-0.1, -0.05) is 30.3 Å². The quantitative estimate of drug-likeness (QED) is 0.792. The Kier molecular flexibility index (Phi) is 4.31. The fraction of sp³-hybridized carbons (Fsp3) is 0.188. The van der Waals surface area contributed by atoms with Crippen molar-refractivity contribution < 1.29 is 4.79 Å². The Hall–Kier alpha value is -2.05. The van der Waals surface area contributed by atoms with Gasteiger partial charge in [0.2, 0.25) is 0 Å². The molecule has 6 heteroatoms. The van der Waals surface area contributed by atoms with E-state index < -0.39 is 0 Å². The fourth-order valence-electron chi connectivity index (χ4n) is 2.03. The van der Waals surface area contributed by atoms with E-state index in [0.29, 0.717) is 11.4 Å². The number of nitrogens with zero attached hydrogens (tertiary/aromatic N) is 2. The number of thiazole rings is 2. The van der Waals surface area contributed by atoms with Crippen LogP contribution >= 0.6 is 22.7 Å². The first-order chi connectivity index (χ1) is 10.6. The number of nitrogens with one attached hydrogen (secondary N) is 1. The summed E-state index contributed by atoms with van der Waals surface area (Å²) >= 11 is 2.98. The van der Waals surface area contributed by atoms with Crippen LogP contribution in [0.2, 0.25) is 0 Å². The lowest BCUT2D eigenvalue weighted by molar-refractivity contribution is 0.0954. The monoisotopic (exact) mass is 329 g/mol. The van der Waals surface area contributed by atoms with E-state index in [-0.39, 0.29) is 5.91 Å². The van der Waals surface area contributed by atoms with Crippen LogP contribution in [0.25, 0.3) is 10.6 Å². The van der Waals surface area contributed by atoms with E-state index in [0.717, 1.165) is 27.0 Å². The lowest BCUT2D eigenvalue weighted by atomic mass is 10.2. The number of carbonyl (C=O) groups excluding carboxylic acids is 1. The maximum Gasteiger partial charge on any atom is 0.263 e. The molecule has 0 bridgehead atoms. The molecule has 1 aromatic carbocycles. The molecule has 3 aromatic rings. The Morgan fingerprint density at radius 3 is 2.64 bits per heavy atom. The average molecular weight is 329 g/mol. The van der Waals surface area contributed by atoms with Crippen molar-refractivity contribution in [3.8, 4) is 10.6 Å². The van der Waals surface area contributed by atoms with Crippen LogP contribution in [0.4, 0.5) is 0 Å². The van der Waals surface area contributed by atoms with Crippen molar-refractivity contribution in [1.29, 1.82) is 0 Å². The molecule has 0 saturated carbocycles. The number of hydrogen-bond acceptors (Lipinski definition) is 5. The molecule has 0 atom stereocenters. The molecule has 0 radical (unpaired) electrons. The molecular formula is C16H15N3OS2. The van der Waals surface area contributed by atoms with Crippen molar-refractivity contribution in [3.05, 3.63) is 57.0 Å². The van der Waals surface area contributed by atoms with Crippen LogP contribution in [0.5, 0.6) is 0 Å². The number of aryl methyl sites for hydroxylation is 2. The Labute approximate surface area is 136 Å². The maximum absolute atomic E-state index is 12.3. The third-order valence-corrected chi connectivity index (χ3v) is 5.26. The lowest BCUT2D eigenvalue weighted by Gasteiger charge is -2.00. The highest BCUT2D eigenvalue weighted by Gasteiger charge is 2.16. The van der Waals surface area contributed by atoms with Crippen LogP contribution in [0, 0.1) is 13.8 Å². The Morgan fingerprint density at radius 2 is 1.95 bits per heavy atom. The number of carbonyl (C=O) groups is 1. The summed E-state index contributed by atoms with van der Waals surface area (Å²) in [5, 5.41) is 6.67. The van der Waals surface area contributed by atoms with Gasteiger partial charge in [0.15, 0.2) is 0 Å². The van der Waals surface area contributed by atoms with E-state index in [1.54, 1.807) is 11.3 Å². The van der Waals surface area contributed by atoms with Crippen LogP contribution in [0.15, 0.2) is 35.7 Å². The highest BCUT2D eigenvalue weighted by Crippen LogP contribution is 2.27. The topological polar surface area (TPSA) is 54.9 Å². The smallest absolute Gasteiger partial charge is 0.263 e. The largest absolute Gasteiger partial charge is 0.345 e. The first kappa shape index (κ1) is 14.9. The molecule has 2 aromatic heterocycles. The first-order valence-electron chi connectivity index (χ1n) is 6.85. The molecule has 1 N–H and O–H groups in total. The van der Waals surface area contributed by atoms with E-state index in [1.807, 2.05) is 49.6 Å². The van der Waals surface area contributed by atoms with Crippen molar-refractivity contribution >= 4 is 28.6 Å². The van der Waals surface area contributed by atoms with Crippen LogP contribution in [0.3, 0.4) is 0 Å². The van der Waals surface area contributed by atoms with Gasteiger partial charge in [0.05, 0.1) is 12.2 Å². The molecule has 3 rings (SSSR count). The van der Waals surface area contributed by atoms with Crippen LogP contribution in [0.1, 0.15) is 26.1 Å². The van der Waals surface area contributed by atoms with Gasteiger partial charge >= 0.3 is 0 Å². The van der Waals surface area contributed by atoms with E-state index >= 15 is 0 Å². The standard InChI is InChI=1S/C16H15N3OS2/c1-10-9-21-13(18-10)8-17-15(20)14-11(2)19-16(22-14)12-6-4-3-5-7-12/h3-7,9H,8H2,1-2H3,(H,17,20). The molecule has 22 heavy (non-hydrogen) atoms. The summed E-state index contributed by atoms with van der Waals surface area (Å²) in [5.41, 5.74) is 2.77. The van der Waals surface area contributed by atoms with Gasteiger partial charge in [-0.3, -0.25) is 4.79 Å². The van der Waals surface area contributed by atoms with Crippen LogP contribution in [-0.4, -0.2) is 15.9 Å². The van der Waals surface area contributed by atoms with Gasteiger partial charge in [0.25, 0.3) is 5.91 Å². The molecule has 0 fully saturated rings. The molecule has 0 spiro atoms. The van der Waals surface area contributed by atoms with E-state index in [4.69, 9.17) is 0 Å². The molecule has 0 aliphatic heterocycles. The van der Waals surface area contributed by atoms with Gasteiger partial charge in [0, 0.05) is 16.6 Å². The number of benzene rings is 1. The summed E-state index contributed by atoms with van der Waals surface area (Å²) in [4.78, 5) is 21.8. The zero-order valence-electron chi connectivity index (χ0n) is 12.3. The Bertz CT molecular complexity index is 793. The van der Waals surface area contributed by atoms with Crippen molar-refractivity contribution in [2.24, 2.45) is 0 Å². The van der Waals surface area contributed by atoms with Gasteiger partial charge in [-0.05, 0) is 13.8 Å². The van der Waals surface area contributed by atoms with Crippen LogP contribution in [-0.2, 0) is 6.54 Å². The molecule has 1 amide bonds. The molecule has 112 valence electrons. The molecule has 2 heterocycles.